The van der Waals surface area contributed by atoms with E-state index in [2.05, 4.69) is 170 Å². The molecular weight excluding hydrogens is 609 g/mol. The maximum Gasteiger partial charge on any atom is 0.143 e. The van der Waals surface area contributed by atoms with Gasteiger partial charge in [-0.3, -0.25) is 0 Å². The number of hydrogen-bond acceptors (Lipinski definition) is 2. The predicted octanol–water partition coefficient (Wildman–Crippen LogP) is 13.8. The zero-order chi connectivity index (χ0) is 33.0. The maximum absolute atomic E-state index is 6.50. The monoisotopic (exact) mass is 638 g/mol. The first-order valence-electron chi connectivity index (χ1n) is 17.0. The van der Waals surface area contributed by atoms with Crippen molar-refractivity contribution in [3.63, 3.8) is 0 Å². The van der Waals surface area contributed by atoms with Gasteiger partial charge in [0.1, 0.15) is 22.3 Å². The minimum absolute atomic E-state index is 0.878. The van der Waals surface area contributed by atoms with Crippen molar-refractivity contribution in [1.82, 2.24) is 0 Å². The highest BCUT2D eigenvalue weighted by molar-refractivity contribution is 6.14. The fraction of sp³-hybridized carbons (Fsp3) is 0. The number of para-hydroxylation sites is 2. The Labute approximate surface area is 289 Å². The summed E-state index contributed by atoms with van der Waals surface area (Å²) in [5.41, 5.74) is 15.1. The number of furan rings is 2. The van der Waals surface area contributed by atoms with Crippen molar-refractivity contribution in [2.45, 2.75) is 0 Å². The highest BCUT2D eigenvalue weighted by atomic mass is 16.3. The minimum Gasteiger partial charge on any atom is -0.456 e. The summed E-state index contributed by atoms with van der Waals surface area (Å²) in [4.78, 5) is 0. The van der Waals surface area contributed by atoms with E-state index in [4.69, 9.17) is 8.83 Å². The quantitative estimate of drug-likeness (QED) is 0.187. The van der Waals surface area contributed by atoms with Crippen LogP contribution in [0.1, 0.15) is 0 Å². The molecule has 0 unspecified atom stereocenters. The molecule has 234 valence electrons. The van der Waals surface area contributed by atoms with Gasteiger partial charge in [0.15, 0.2) is 0 Å². The molecule has 0 radical (unpaired) electrons. The van der Waals surface area contributed by atoms with E-state index in [0.717, 1.165) is 82.8 Å². The molecule has 0 N–H and O–H groups in total. The molecule has 10 aromatic rings. The van der Waals surface area contributed by atoms with Crippen LogP contribution in [0.2, 0.25) is 0 Å². The standard InChI is InChI=1S/C48H30O2/c1-3-11-31(12-4-1)33-21-23-34(24-22-33)39-16-10-20-46-47(39)43-30-35(25-26-45(43)49-46)37-27-36(32-13-5-2-6-14-32)28-38(29-37)40-17-9-18-42-41-15-7-8-19-44(41)50-48(40)42/h1-30H. The maximum atomic E-state index is 6.50. The number of benzene rings is 8. The highest BCUT2D eigenvalue weighted by Gasteiger charge is 2.17. The van der Waals surface area contributed by atoms with E-state index in [1.165, 1.54) is 16.7 Å². The molecular formula is C48H30O2. The number of rotatable bonds is 5. The molecule has 0 amide bonds. The van der Waals surface area contributed by atoms with Crippen LogP contribution in [0.15, 0.2) is 191 Å². The second-order valence-corrected chi connectivity index (χ2v) is 12.9. The topological polar surface area (TPSA) is 26.3 Å². The summed E-state index contributed by atoms with van der Waals surface area (Å²) in [6.45, 7) is 0. The highest BCUT2D eigenvalue weighted by Crippen LogP contribution is 2.42. The Kier molecular flexibility index (Phi) is 6.53. The average molecular weight is 639 g/mol. The van der Waals surface area contributed by atoms with Gasteiger partial charge in [-0.1, -0.05) is 140 Å². The van der Waals surface area contributed by atoms with E-state index in [-0.39, 0.29) is 0 Å². The molecule has 0 spiro atoms. The first-order chi connectivity index (χ1) is 24.8. The molecule has 2 heteroatoms. The van der Waals surface area contributed by atoms with Crippen molar-refractivity contribution in [3.05, 3.63) is 182 Å². The number of hydrogen-bond donors (Lipinski definition) is 0. The van der Waals surface area contributed by atoms with Gasteiger partial charge in [0, 0.05) is 27.1 Å². The third kappa shape index (κ3) is 4.73. The molecule has 50 heavy (non-hydrogen) atoms. The molecule has 8 aromatic carbocycles. The molecule has 0 aliphatic carbocycles. The normalized spacial score (nSPS) is 11.6. The summed E-state index contributed by atoms with van der Waals surface area (Å²) in [6.07, 6.45) is 0. The molecule has 0 saturated carbocycles. The predicted molar refractivity (Wildman–Crippen MR) is 208 cm³/mol. The second kappa shape index (κ2) is 11.5. The van der Waals surface area contributed by atoms with Gasteiger partial charge in [0.2, 0.25) is 0 Å². The lowest BCUT2D eigenvalue weighted by Crippen LogP contribution is -1.87. The molecule has 0 saturated heterocycles. The summed E-state index contributed by atoms with van der Waals surface area (Å²) in [7, 11) is 0. The van der Waals surface area contributed by atoms with Gasteiger partial charge in [-0.2, -0.15) is 0 Å². The van der Waals surface area contributed by atoms with Crippen LogP contribution in [0.4, 0.5) is 0 Å². The van der Waals surface area contributed by atoms with Gasteiger partial charge >= 0.3 is 0 Å². The Bertz CT molecular complexity index is 2840. The van der Waals surface area contributed by atoms with Gasteiger partial charge in [-0.15, -0.1) is 0 Å². The zero-order valence-corrected chi connectivity index (χ0v) is 27.1. The molecule has 0 fully saturated rings. The van der Waals surface area contributed by atoms with Crippen molar-refractivity contribution >= 4 is 43.9 Å². The minimum atomic E-state index is 0.878. The van der Waals surface area contributed by atoms with E-state index in [0.29, 0.717) is 0 Å². The summed E-state index contributed by atoms with van der Waals surface area (Å²) in [5.74, 6) is 0. The Balaban J connectivity index is 1.15. The van der Waals surface area contributed by atoms with Gasteiger partial charge in [-0.05, 0) is 92.5 Å². The lowest BCUT2D eigenvalue weighted by atomic mass is 9.91. The van der Waals surface area contributed by atoms with Crippen molar-refractivity contribution in [2.24, 2.45) is 0 Å². The lowest BCUT2D eigenvalue weighted by Gasteiger charge is -2.12. The Morgan fingerprint density at radius 1 is 0.260 bits per heavy atom. The van der Waals surface area contributed by atoms with E-state index >= 15 is 0 Å². The first kappa shape index (κ1) is 28.4. The van der Waals surface area contributed by atoms with Gasteiger partial charge in [0.25, 0.3) is 0 Å². The Hall–Kier alpha value is -6.64. The second-order valence-electron chi connectivity index (χ2n) is 12.9. The number of fused-ring (bicyclic) bond motifs is 6. The van der Waals surface area contributed by atoms with Gasteiger partial charge in [0.05, 0.1) is 0 Å². The largest absolute Gasteiger partial charge is 0.456 e. The van der Waals surface area contributed by atoms with E-state index in [1.807, 2.05) is 12.1 Å². The van der Waals surface area contributed by atoms with Crippen molar-refractivity contribution in [1.29, 1.82) is 0 Å². The van der Waals surface area contributed by atoms with Crippen molar-refractivity contribution in [2.75, 3.05) is 0 Å². The third-order valence-electron chi connectivity index (χ3n) is 9.89. The molecule has 2 nitrogen and oxygen atoms in total. The van der Waals surface area contributed by atoms with Gasteiger partial charge < -0.3 is 8.83 Å². The Morgan fingerprint density at radius 2 is 0.800 bits per heavy atom. The van der Waals surface area contributed by atoms with Crippen molar-refractivity contribution < 1.29 is 8.83 Å². The Morgan fingerprint density at radius 3 is 1.60 bits per heavy atom. The SMILES string of the molecule is c1ccc(-c2ccc(-c3cccc4oc5ccc(-c6cc(-c7ccccc7)cc(-c7cccc8c7oc7ccccc78)c6)cc5c34)cc2)cc1. The fourth-order valence-corrected chi connectivity index (χ4v) is 7.44. The van der Waals surface area contributed by atoms with Crippen LogP contribution in [-0.2, 0) is 0 Å². The molecule has 10 rings (SSSR count). The van der Waals surface area contributed by atoms with Crippen LogP contribution in [0, 0.1) is 0 Å². The summed E-state index contributed by atoms with van der Waals surface area (Å²) in [6, 6.07) is 64.5. The zero-order valence-electron chi connectivity index (χ0n) is 27.1. The molecule has 0 bridgehead atoms. The average Bonchev–Trinajstić information content (AvgIpc) is 3.77. The van der Waals surface area contributed by atoms with Crippen LogP contribution in [0.3, 0.4) is 0 Å². The van der Waals surface area contributed by atoms with Crippen LogP contribution in [-0.4, -0.2) is 0 Å². The smallest absolute Gasteiger partial charge is 0.143 e. The molecule has 0 atom stereocenters. The summed E-state index contributed by atoms with van der Waals surface area (Å²) >= 11 is 0. The molecule has 0 aliphatic rings. The first-order valence-corrected chi connectivity index (χ1v) is 17.0. The molecule has 2 heterocycles. The van der Waals surface area contributed by atoms with Crippen LogP contribution in [0.5, 0.6) is 0 Å². The van der Waals surface area contributed by atoms with Crippen LogP contribution in [0.25, 0.3) is 99.5 Å². The molecule has 2 aromatic heterocycles. The van der Waals surface area contributed by atoms with E-state index in [1.54, 1.807) is 0 Å². The third-order valence-corrected chi connectivity index (χ3v) is 9.89. The summed E-state index contributed by atoms with van der Waals surface area (Å²) in [5, 5.41) is 4.49. The van der Waals surface area contributed by atoms with Crippen LogP contribution < -0.4 is 0 Å². The van der Waals surface area contributed by atoms with E-state index in [9.17, 15) is 0 Å². The fourth-order valence-electron chi connectivity index (χ4n) is 7.44. The van der Waals surface area contributed by atoms with Crippen molar-refractivity contribution in [3.8, 4) is 55.6 Å². The summed E-state index contributed by atoms with van der Waals surface area (Å²) < 4.78 is 12.9. The van der Waals surface area contributed by atoms with Gasteiger partial charge in [-0.25, -0.2) is 0 Å². The van der Waals surface area contributed by atoms with E-state index < -0.39 is 0 Å². The van der Waals surface area contributed by atoms with Crippen LogP contribution >= 0.6 is 0 Å². The lowest BCUT2D eigenvalue weighted by molar-refractivity contribution is 0.669. The molecule has 0 aliphatic heterocycles.